The van der Waals surface area contributed by atoms with Crippen LogP contribution in [0.25, 0.3) is 11.1 Å². The molecule has 0 aromatic heterocycles. The van der Waals surface area contributed by atoms with E-state index >= 15 is 8.78 Å². The number of piperidine rings is 1. The third-order valence-electron chi connectivity index (χ3n) is 8.73. The van der Waals surface area contributed by atoms with Crippen molar-refractivity contribution in [2.45, 2.75) is 94.2 Å². The van der Waals surface area contributed by atoms with E-state index in [1.165, 1.54) is 44.2 Å². The number of nitrogens with one attached hydrogen (secondary N) is 2. The van der Waals surface area contributed by atoms with Gasteiger partial charge in [0.2, 0.25) is 0 Å². The number of ether oxygens (including phenoxy) is 2. The summed E-state index contributed by atoms with van der Waals surface area (Å²) in [6.45, 7) is 8.42. The lowest BCUT2D eigenvalue weighted by Gasteiger charge is -2.30. The monoisotopic (exact) mass is 729 g/mol. The Balaban J connectivity index is 0.000000314. The molecule has 1 aliphatic heterocycles. The number of nitrogens with zero attached hydrogens (tertiary/aromatic N) is 1. The average molecular weight is 730 g/mol. The van der Waals surface area contributed by atoms with Gasteiger partial charge in [-0.05, 0) is 138 Å². The Labute approximate surface area is 305 Å². The van der Waals surface area contributed by atoms with Gasteiger partial charge in [-0.1, -0.05) is 61.2 Å². The highest BCUT2D eigenvalue weighted by atomic mass is 35.5. The molecule has 5 rings (SSSR count). The number of alkyl carbamates (subject to hydrolysis) is 1. The van der Waals surface area contributed by atoms with Crippen LogP contribution in [0.5, 0.6) is 5.75 Å². The number of carbonyl (C=O) groups excluding carboxylic acids is 2. The van der Waals surface area contributed by atoms with Crippen LogP contribution in [0, 0.1) is 5.92 Å². The van der Waals surface area contributed by atoms with Gasteiger partial charge < -0.3 is 24.5 Å². The van der Waals surface area contributed by atoms with E-state index in [0.717, 1.165) is 49.2 Å². The summed E-state index contributed by atoms with van der Waals surface area (Å²) in [7, 11) is 2.10. The van der Waals surface area contributed by atoms with Crippen LogP contribution in [0.1, 0.15) is 71.3 Å². The van der Waals surface area contributed by atoms with E-state index in [2.05, 4.69) is 22.0 Å². The molecule has 1 unspecified atom stereocenters. The Hall–Kier alpha value is -3.18. The molecule has 3 aromatic rings. The lowest BCUT2D eigenvalue weighted by molar-refractivity contribution is -0.119. The highest BCUT2D eigenvalue weighted by Gasteiger charge is 2.41. The molecule has 0 spiro atoms. The van der Waals surface area contributed by atoms with E-state index in [1.807, 2.05) is 32.9 Å². The third-order valence-corrected chi connectivity index (χ3v) is 9.86. The summed E-state index contributed by atoms with van der Waals surface area (Å²) in [5.41, 5.74) is 0.750. The van der Waals surface area contributed by atoms with Crippen LogP contribution in [0.3, 0.4) is 0 Å². The van der Waals surface area contributed by atoms with Crippen LogP contribution >= 0.6 is 23.5 Å². The maximum atomic E-state index is 15.3. The smallest absolute Gasteiger partial charge is 0.407 e. The van der Waals surface area contributed by atoms with Crippen molar-refractivity contribution in [2.75, 3.05) is 26.7 Å². The van der Waals surface area contributed by atoms with Gasteiger partial charge >= 0.3 is 6.09 Å². The highest BCUT2D eigenvalue weighted by Crippen LogP contribution is 2.35. The number of carbonyl (C=O) groups is 2. The van der Waals surface area contributed by atoms with Crippen molar-refractivity contribution < 1.29 is 27.8 Å². The van der Waals surface area contributed by atoms with Crippen LogP contribution in [0.15, 0.2) is 77.7 Å². The van der Waals surface area contributed by atoms with Crippen molar-refractivity contribution in [3.05, 3.63) is 83.4 Å². The number of alkyl halides is 2. The van der Waals surface area contributed by atoms with Crippen LogP contribution in [0.4, 0.5) is 13.6 Å². The second-order valence-electron chi connectivity index (χ2n) is 14.1. The molecule has 1 amide bonds. The van der Waals surface area contributed by atoms with Gasteiger partial charge in [0, 0.05) is 21.5 Å². The number of benzene rings is 3. The van der Waals surface area contributed by atoms with E-state index in [9.17, 15) is 9.59 Å². The molecule has 3 aromatic carbocycles. The number of likely N-dealkylation sites (tertiary alicyclic amines) is 1. The summed E-state index contributed by atoms with van der Waals surface area (Å²) in [5.74, 6) is -2.04. The zero-order valence-electron chi connectivity index (χ0n) is 29.4. The summed E-state index contributed by atoms with van der Waals surface area (Å²) in [6, 6.07) is 18.9. The molecule has 1 heterocycles. The molecule has 2 aliphatic rings. The molecule has 1 saturated heterocycles. The predicted octanol–water partition coefficient (Wildman–Crippen LogP) is 9.53. The molecule has 1 aliphatic carbocycles. The maximum Gasteiger partial charge on any atom is 0.407 e. The molecular weight excluding hydrogens is 680 g/mol. The number of halogens is 3. The van der Waals surface area contributed by atoms with Gasteiger partial charge in [0.15, 0.2) is 0 Å². The number of hydrogen-bond acceptors (Lipinski definition) is 7. The van der Waals surface area contributed by atoms with Crippen LogP contribution in [-0.4, -0.2) is 61.7 Å². The zero-order chi connectivity index (χ0) is 36.1. The molecule has 272 valence electrons. The SMILES string of the molecule is CN1CCC(NC(=O)OC(C)(C)C)CC1.O=CC(NSc1ccc(OCC2CCCCC2)cc1)C(F)(F)c1cccc(-c2ccc(Cl)cc2)c1. The molecule has 1 saturated carbocycles. The maximum absolute atomic E-state index is 15.3. The summed E-state index contributed by atoms with van der Waals surface area (Å²) < 4.78 is 44.3. The van der Waals surface area contributed by atoms with E-state index in [4.69, 9.17) is 21.1 Å². The Morgan fingerprint density at radius 2 is 1.62 bits per heavy atom. The van der Waals surface area contributed by atoms with Gasteiger partial charge in [0.1, 0.15) is 23.7 Å². The summed E-state index contributed by atoms with van der Waals surface area (Å²) >= 11 is 6.93. The van der Waals surface area contributed by atoms with Gasteiger partial charge in [-0.15, -0.1) is 0 Å². The van der Waals surface area contributed by atoms with Crippen molar-refractivity contribution in [2.24, 2.45) is 5.92 Å². The molecule has 11 heteroatoms. The molecule has 50 heavy (non-hydrogen) atoms. The first kappa shape index (κ1) is 39.6. The van der Waals surface area contributed by atoms with Gasteiger partial charge in [0.05, 0.1) is 6.61 Å². The minimum Gasteiger partial charge on any atom is -0.493 e. The van der Waals surface area contributed by atoms with E-state index in [-0.39, 0.29) is 24.0 Å². The molecule has 0 bridgehead atoms. The third kappa shape index (κ3) is 12.9. The van der Waals surface area contributed by atoms with E-state index in [0.29, 0.717) is 28.0 Å². The lowest BCUT2D eigenvalue weighted by atomic mass is 9.90. The minimum atomic E-state index is -3.40. The minimum absolute atomic E-state index is 0.235. The van der Waals surface area contributed by atoms with Gasteiger partial charge in [-0.2, -0.15) is 8.78 Å². The first-order chi connectivity index (χ1) is 23.8. The van der Waals surface area contributed by atoms with Crippen molar-refractivity contribution in [1.29, 1.82) is 0 Å². The first-order valence-electron chi connectivity index (χ1n) is 17.4. The van der Waals surface area contributed by atoms with Crippen molar-refractivity contribution in [1.82, 2.24) is 14.9 Å². The molecule has 0 radical (unpaired) electrons. The molecule has 7 nitrogen and oxygen atoms in total. The second kappa shape index (κ2) is 18.9. The fraction of sp³-hybridized carbons (Fsp3) is 0.487. The summed E-state index contributed by atoms with van der Waals surface area (Å²) in [4.78, 5) is 26.1. The van der Waals surface area contributed by atoms with Crippen LogP contribution in [-0.2, 0) is 15.5 Å². The fourth-order valence-corrected chi connectivity index (χ4v) is 6.71. The van der Waals surface area contributed by atoms with Gasteiger partial charge in [-0.3, -0.25) is 0 Å². The molecule has 1 atom stereocenters. The Kier molecular flexibility index (Phi) is 15.0. The number of amides is 1. The predicted molar refractivity (Wildman–Crippen MR) is 198 cm³/mol. The van der Waals surface area contributed by atoms with Crippen LogP contribution < -0.4 is 14.8 Å². The topological polar surface area (TPSA) is 79.9 Å². The first-order valence-corrected chi connectivity index (χ1v) is 18.5. The Morgan fingerprint density at radius 1 is 0.960 bits per heavy atom. The quantitative estimate of drug-likeness (QED) is 0.150. The zero-order valence-corrected chi connectivity index (χ0v) is 31.0. The summed E-state index contributed by atoms with van der Waals surface area (Å²) in [5, 5.41) is 3.48. The molecule has 2 N–H and O–H groups in total. The molecule has 2 fully saturated rings. The average Bonchev–Trinajstić information content (AvgIpc) is 3.09. The van der Waals surface area contributed by atoms with Crippen molar-refractivity contribution >= 4 is 35.9 Å². The Bertz CT molecular complexity index is 1490. The van der Waals surface area contributed by atoms with Gasteiger partial charge in [0.25, 0.3) is 5.92 Å². The largest absolute Gasteiger partial charge is 0.493 e. The number of aldehydes is 1. The number of rotatable bonds is 11. The fourth-order valence-electron chi connectivity index (χ4n) is 5.85. The lowest BCUT2D eigenvalue weighted by Crippen LogP contribution is -2.45. The van der Waals surface area contributed by atoms with Crippen molar-refractivity contribution in [3.63, 3.8) is 0 Å². The van der Waals surface area contributed by atoms with Gasteiger partial charge in [-0.25, -0.2) is 9.52 Å². The second-order valence-corrected chi connectivity index (χ2v) is 15.4. The Morgan fingerprint density at radius 3 is 2.24 bits per heavy atom. The standard InChI is InChI=1S/C28H28ClF2NO2S.C11H22N2O2/c29-24-11-9-21(10-12-24)22-7-4-8-23(17-22)28(30,31)27(18-33)32-35-26-15-13-25(14-16-26)34-19-20-5-2-1-3-6-20;1-11(2,3)15-10(14)12-9-5-7-13(4)8-6-9/h4,7-18,20,27,32H,1-3,5-6,19H2;9H,5-8H2,1-4H3,(H,12,14). The summed E-state index contributed by atoms with van der Waals surface area (Å²) in [6.07, 6.45) is 8.24. The van der Waals surface area contributed by atoms with Crippen LogP contribution in [0.2, 0.25) is 5.02 Å². The normalized spacial score (nSPS) is 16.9. The highest BCUT2D eigenvalue weighted by molar-refractivity contribution is 7.97. The van der Waals surface area contributed by atoms with Crippen molar-refractivity contribution in [3.8, 4) is 16.9 Å². The van der Waals surface area contributed by atoms with E-state index < -0.39 is 17.6 Å². The molecular formula is C39H50ClF2N3O4S. The number of hydrogen-bond donors (Lipinski definition) is 2. The van der Waals surface area contributed by atoms with E-state index in [1.54, 1.807) is 48.5 Å².